The van der Waals surface area contributed by atoms with Crippen molar-refractivity contribution >= 4 is 11.7 Å². The topological polar surface area (TPSA) is 70.2 Å². The molecule has 6 nitrogen and oxygen atoms in total. The van der Waals surface area contributed by atoms with E-state index in [9.17, 15) is 4.79 Å². The van der Waals surface area contributed by atoms with Crippen molar-refractivity contribution in [1.82, 2.24) is 20.2 Å². The van der Waals surface area contributed by atoms with Crippen LogP contribution in [0.25, 0.3) is 0 Å². The van der Waals surface area contributed by atoms with Gasteiger partial charge < -0.3 is 15.5 Å². The van der Waals surface area contributed by atoms with Crippen LogP contribution in [0.2, 0.25) is 0 Å². The van der Waals surface area contributed by atoms with Gasteiger partial charge in [-0.05, 0) is 32.5 Å². The Morgan fingerprint density at radius 3 is 2.54 bits per heavy atom. The molecule has 1 aromatic carbocycles. The summed E-state index contributed by atoms with van der Waals surface area (Å²) >= 11 is 0. The van der Waals surface area contributed by atoms with Gasteiger partial charge in [0.2, 0.25) is 0 Å². The molecular weight excluding hydrogens is 302 g/mol. The summed E-state index contributed by atoms with van der Waals surface area (Å²) in [6.07, 6.45) is 5.14. The molecule has 2 rings (SSSR count). The maximum absolute atomic E-state index is 11.9. The molecule has 0 aliphatic carbocycles. The standard InChI is InChI=1S/C18H25N5O/c1-23(2)12-11-20-18(24)16-13-22-17(14-21-16)19-10-6-9-15-7-4-3-5-8-15/h3-5,7-8,13-14H,6,9-12H2,1-2H3,(H,19,22)(H,20,24). The number of benzene rings is 1. The van der Waals surface area contributed by atoms with Crippen LogP contribution in [-0.4, -0.2) is 54.5 Å². The molecule has 0 bridgehead atoms. The molecule has 2 aromatic rings. The molecule has 0 saturated heterocycles. The Hall–Kier alpha value is -2.47. The number of carbonyl (C=O) groups excluding carboxylic acids is 1. The third-order valence-corrected chi connectivity index (χ3v) is 3.52. The Morgan fingerprint density at radius 1 is 1.08 bits per heavy atom. The second kappa shape index (κ2) is 9.62. The van der Waals surface area contributed by atoms with Crippen LogP contribution in [0, 0.1) is 0 Å². The van der Waals surface area contributed by atoms with Crippen LogP contribution in [0.1, 0.15) is 22.5 Å². The van der Waals surface area contributed by atoms with Crippen molar-refractivity contribution in [1.29, 1.82) is 0 Å². The molecule has 1 heterocycles. The van der Waals surface area contributed by atoms with Gasteiger partial charge in [0, 0.05) is 19.6 Å². The van der Waals surface area contributed by atoms with Gasteiger partial charge in [-0.25, -0.2) is 9.97 Å². The molecular formula is C18H25N5O. The van der Waals surface area contributed by atoms with Crippen LogP contribution in [0.5, 0.6) is 0 Å². The summed E-state index contributed by atoms with van der Waals surface area (Å²) in [5.41, 5.74) is 1.67. The number of likely N-dealkylation sites (N-methyl/N-ethyl adjacent to an activating group) is 1. The number of anilines is 1. The van der Waals surface area contributed by atoms with Crippen molar-refractivity contribution in [2.45, 2.75) is 12.8 Å². The molecule has 0 unspecified atom stereocenters. The summed E-state index contributed by atoms with van der Waals surface area (Å²) in [4.78, 5) is 22.3. The zero-order chi connectivity index (χ0) is 17.2. The summed E-state index contributed by atoms with van der Waals surface area (Å²) in [6, 6.07) is 10.4. The molecule has 0 saturated carbocycles. The highest BCUT2D eigenvalue weighted by molar-refractivity contribution is 5.91. The maximum atomic E-state index is 11.9. The van der Waals surface area contributed by atoms with E-state index in [0.29, 0.717) is 18.1 Å². The zero-order valence-corrected chi connectivity index (χ0v) is 14.3. The minimum Gasteiger partial charge on any atom is -0.369 e. The van der Waals surface area contributed by atoms with Crippen molar-refractivity contribution in [3.05, 3.63) is 54.0 Å². The van der Waals surface area contributed by atoms with Crippen LogP contribution in [0.3, 0.4) is 0 Å². The minimum absolute atomic E-state index is 0.194. The Morgan fingerprint density at radius 2 is 1.88 bits per heavy atom. The summed E-state index contributed by atoms with van der Waals surface area (Å²) in [5.74, 6) is 0.493. The summed E-state index contributed by atoms with van der Waals surface area (Å²) in [7, 11) is 3.93. The number of hydrogen-bond donors (Lipinski definition) is 2. The van der Waals surface area contributed by atoms with Gasteiger partial charge >= 0.3 is 0 Å². The van der Waals surface area contributed by atoms with Gasteiger partial charge in [-0.15, -0.1) is 0 Å². The van der Waals surface area contributed by atoms with E-state index in [0.717, 1.165) is 25.9 Å². The van der Waals surface area contributed by atoms with Crippen LogP contribution in [0.15, 0.2) is 42.7 Å². The van der Waals surface area contributed by atoms with E-state index in [-0.39, 0.29) is 5.91 Å². The monoisotopic (exact) mass is 327 g/mol. The number of hydrogen-bond acceptors (Lipinski definition) is 5. The third-order valence-electron chi connectivity index (χ3n) is 3.52. The third kappa shape index (κ3) is 6.34. The molecule has 24 heavy (non-hydrogen) atoms. The SMILES string of the molecule is CN(C)CCNC(=O)c1cnc(NCCCc2ccccc2)cn1. The Balaban J connectivity index is 1.70. The first-order chi connectivity index (χ1) is 11.6. The maximum Gasteiger partial charge on any atom is 0.271 e. The van der Waals surface area contributed by atoms with Crippen LogP contribution in [0.4, 0.5) is 5.82 Å². The molecule has 0 radical (unpaired) electrons. The van der Waals surface area contributed by atoms with Crippen molar-refractivity contribution in [3.63, 3.8) is 0 Å². The van der Waals surface area contributed by atoms with Gasteiger partial charge in [0.15, 0.2) is 0 Å². The summed E-state index contributed by atoms with van der Waals surface area (Å²) in [5, 5.41) is 6.04. The molecule has 2 N–H and O–H groups in total. The normalized spacial score (nSPS) is 10.6. The van der Waals surface area contributed by atoms with Gasteiger partial charge in [-0.1, -0.05) is 30.3 Å². The lowest BCUT2D eigenvalue weighted by Gasteiger charge is -2.10. The number of aryl methyl sites for hydroxylation is 1. The van der Waals surface area contributed by atoms with Crippen LogP contribution >= 0.6 is 0 Å². The van der Waals surface area contributed by atoms with Crippen molar-refractivity contribution < 1.29 is 4.79 Å². The highest BCUT2D eigenvalue weighted by Crippen LogP contribution is 2.04. The number of amides is 1. The van der Waals surface area contributed by atoms with E-state index in [1.165, 1.54) is 11.8 Å². The average molecular weight is 327 g/mol. The molecule has 0 fully saturated rings. The Bertz CT molecular complexity index is 613. The van der Waals surface area contributed by atoms with Crippen LogP contribution < -0.4 is 10.6 Å². The van der Waals surface area contributed by atoms with Gasteiger partial charge in [-0.3, -0.25) is 4.79 Å². The highest BCUT2D eigenvalue weighted by Gasteiger charge is 2.07. The lowest BCUT2D eigenvalue weighted by molar-refractivity contribution is 0.0945. The van der Waals surface area contributed by atoms with Crippen molar-refractivity contribution in [2.75, 3.05) is 39.0 Å². The van der Waals surface area contributed by atoms with E-state index < -0.39 is 0 Å². The van der Waals surface area contributed by atoms with Gasteiger partial charge in [-0.2, -0.15) is 0 Å². The first-order valence-corrected chi connectivity index (χ1v) is 8.18. The van der Waals surface area contributed by atoms with E-state index in [2.05, 4.69) is 44.9 Å². The smallest absolute Gasteiger partial charge is 0.271 e. The predicted octanol–water partition coefficient (Wildman–Crippen LogP) is 1.81. The fourth-order valence-electron chi connectivity index (χ4n) is 2.17. The Kier molecular flexibility index (Phi) is 7.17. The summed E-state index contributed by atoms with van der Waals surface area (Å²) in [6.45, 7) is 2.20. The Labute approximate surface area is 143 Å². The van der Waals surface area contributed by atoms with Gasteiger partial charge in [0.1, 0.15) is 11.5 Å². The number of nitrogens with zero attached hydrogens (tertiary/aromatic N) is 3. The molecule has 128 valence electrons. The predicted molar refractivity (Wildman–Crippen MR) is 96.2 cm³/mol. The molecule has 0 atom stereocenters. The minimum atomic E-state index is -0.194. The van der Waals surface area contributed by atoms with Gasteiger partial charge in [0.05, 0.1) is 12.4 Å². The molecule has 1 aromatic heterocycles. The molecule has 1 amide bonds. The second-order valence-electron chi connectivity index (χ2n) is 5.86. The first kappa shape index (κ1) is 17.9. The van der Waals surface area contributed by atoms with Gasteiger partial charge in [0.25, 0.3) is 5.91 Å². The fourth-order valence-corrected chi connectivity index (χ4v) is 2.17. The number of nitrogens with one attached hydrogen (secondary N) is 2. The summed E-state index contributed by atoms with van der Waals surface area (Å²) < 4.78 is 0. The second-order valence-corrected chi connectivity index (χ2v) is 5.86. The van der Waals surface area contributed by atoms with E-state index in [1.54, 1.807) is 6.20 Å². The van der Waals surface area contributed by atoms with E-state index in [1.807, 2.05) is 25.1 Å². The molecule has 6 heteroatoms. The zero-order valence-electron chi connectivity index (χ0n) is 14.3. The first-order valence-electron chi connectivity index (χ1n) is 8.18. The van der Waals surface area contributed by atoms with E-state index >= 15 is 0 Å². The van der Waals surface area contributed by atoms with Crippen molar-refractivity contribution in [2.24, 2.45) is 0 Å². The fraction of sp³-hybridized carbons (Fsp3) is 0.389. The average Bonchev–Trinajstić information content (AvgIpc) is 2.60. The lowest BCUT2D eigenvalue weighted by Crippen LogP contribution is -2.31. The number of carbonyl (C=O) groups is 1. The van der Waals surface area contributed by atoms with Crippen molar-refractivity contribution in [3.8, 4) is 0 Å². The highest BCUT2D eigenvalue weighted by atomic mass is 16.1. The quantitative estimate of drug-likeness (QED) is 0.688. The van der Waals surface area contributed by atoms with E-state index in [4.69, 9.17) is 0 Å². The molecule has 0 aliphatic heterocycles. The molecule has 0 spiro atoms. The number of aromatic nitrogens is 2. The lowest BCUT2D eigenvalue weighted by atomic mass is 10.1. The molecule has 0 aliphatic rings. The largest absolute Gasteiger partial charge is 0.369 e. The van der Waals surface area contributed by atoms with Crippen LogP contribution in [-0.2, 0) is 6.42 Å². The number of rotatable bonds is 9.